The summed E-state index contributed by atoms with van der Waals surface area (Å²) in [5.41, 5.74) is 9.30. The second-order valence-electron chi connectivity index (χ2n) is 10.3. The summed E-state index contributed by atoms with van der Waals surface area (Å²) in [5, 5.41) is 21.1. The van der Waals surface area contributed by atoms with Crippen molar-refractivity contribution < 1.29 is 9.53 Å². The number of aromatic nitrogens is 4. The number of nitrogens with zero attached hydrogens (tertiary/aromatic N) is 5. The van der Waals surface area contributed by atoms with E-state index in [1.165, 1.54) is 0 Å². The molecule has 9 nitrogen and oxygen atoms in total. The zero-order chi connectivity index (χ0) is 27.4. The summed E-state index contributed by atoms with van der Waals surface area (Å²) in [7, 11) is 0. The molecule has 9 heteroatoms. The number of aromatic amines is 1. The lowest BCUT2D eigenvalue weighted by Crippen LogP contribution is -2.46. The van der Waals surface area contributed by atoms with Gasteiger partial charge in [0.15, 0.2) is 0 Å². The molecule has 2 aliphatic rings. The number of amides is 1. The van der Waals surface area contributed by atoms with Crippen LogP contribution in [0, 0.1) is 11.3 Å². The first kappa shape index (κ1) is 24.0. The van der Waals surface area contributed by atoms with Crippen LogP contribution in [-0.4, -0.2) is 25.9 Å². The number of benzene rings is 3. The minimum absolute atomic E-state index is 0.0719. The Kier molecular flexibility index (Phi) is 5.39. The fourth-order valence-electron chi connectivity index (χ4n) is 6.27. The Hall–Kier alpha value is -5.10. The van der Waals surface area contributed by atoms with Crippen molar-refractivity contribution in [1.82, 2.24) is 20.0 Å². The van der Waals surface area contributed by atoms with Crippen molar-refractivity contribution in [1.29, 1.82) is 5.26 Å². The number of rotatable bonds is 6. The molecule has 0 fully saturated rings. The van der Waals surface area contributed by atoms with E-state index in [0.717, 1.165) is 47.6 Å². The summed E-state index contributed by atoms with van der Waals surface area (Å²) in [4.78, 5) is 20.1. The van der Waals surface area contributed by atoms with Crippen molar-refractivity contribution in [3.05, 3.63) is 95.1 Å². The van der Waals surface area contributed by atoms with Gasteiger partial charge in [-0.05, 0) is 30.7 Å². The van der Waals surface area contributed by atoms with Gasteiger partial charge in [0.25, 0.3) is 0 Å². The minimum Gasteiger partial charge on any atom is -0.440 e. The Labute approximate surface area is 230 Å². The van der Waals surface area contributed by atoms with E-state index in [-0.39, 0.29) is 23.9 Å². The first-order valence-corrected chi connectivity index (χ1v) is 13.5. The highest BCUT2D eigenvalue weighted by atomic mass is 16.5. The number of carbonyl (C=O) groups is 1. The third kappa shape index (κ3) is 3.22. The third-order valence-electron chi connectivity index (χ3n) is 8.03. The topological polar surface area (TPSA) is 126 Å². The van der Waals surface area contributed by atoms with Crippen LogP contribution in [-0.2, 0) is 23.3 Å². The molecule has 0 saturated heterocycles. The van der Waals surface area contributed by atoms with Gasteiger partial charge in [0.2, 0.25) is 11.8 Å². The summed E-state index contributed by atoms with van der Waals surface area (Å²) >= 11 is 0. The lowest BCUT2D eigenvalue weighted by atomic mass is 9.68. The van der Waals surface area contributed by atoms with Crippen LogP contribution in [0.3, 0.4) is 0 Å². The fraction of sp³-hybridized carbons (Fsp3) is 0.226. The molecule has 2 aromatic heterocycles. The molecule has 0 radical (unpaired) electrons. The maximum atomic E-state index is 14.9. The molecule has 0 saturated carbocycles. The molecule has 1 atom stereocenters. The van der Waals surface area contributed by atoms with Gasteiger partial charge in [-0.2, -0.15) is 5.26 Å². The summed E-state index contributed by atoms with van der Waals surface area (Å²) in [6.07, 6.45) is 5.14. The number of nitrogens with two attached hydrogens (primary N) is 1. The molecule has 2 aliphatic heterocycles. The third-order valence-corrected chi connectivity index (χ3v) is 8.03. The number of hydrogen-bond donors (Lipinski definition) is 2. The van der Waals surface area contributed by atoms with E-state index in [4.69, 9.17) is 10.5 Å². The zero-order valence-corrected chi connectivity index (χ0v) is 22.0. The maximum absolute atomic E-state index is 14.9. The number of unbranched alkanes of at least 4 members (excludes halogenated alkanes) is 2. The number of anilines is 1. The number of para-hydroxylation sites is 2. The predicted octanol–water partition coefficient (Wildman–Crippen LogP) is 5.02. The predicted molar refractivity (Wildman–Crippen MR) is 151 cm³/mol. The second-order valence-corrected chi connectivity index (χ2v) is 10.3. The first-order chi connectivity index (χ1) is 19.6. The number of hydrogen-bond acceptors (Lipinski definition) is 6. The van der Waals surface area contributed by atoms with E-state index < -0.39 is 5.41 Å². The van der Waals surface area contributed by atoms with Gasteiger partial charge in [-0.3, -0.25) is 9.48 Å². The summed E-state index contributed by atoms with van der Waals surface area (Å²) in [5.74, 6) is 0.101. The second kappa shape index (κ2) is 8.99. The van der Waals surface area contributed by atoms with Gasteiger partial charge in [0, 0.05) is 39.6 Å². The summed E-state index contributed by atoms with van der Waals surface area (Å²) in [6, 6.07) is 21.6. The monoisotopic (exact) mass is 529 g/mol. The number of nitrogens with one attached hydrogen (secondary N) is 1. The maximum Gasteiger partial charge on any atom is 0.248 e. The Morgan fingerprint density at radius 3 is 2.75 bits per heavy atom. The Bertz CT molecular complexity index is 1890. The molecule has 1 amide bonds. The molecule has 40 heavy (non-hydrogen) atoms. The van der Waals surface area contributed by atoms with Crippen LogP contribution in [0.2, 0.25) is 0 Å². The lowest BCUT2D eigenvalue weighted by molar-refractivity contribution is -0.121. The highest BCUT2D eigenvalue weighted by Gasteiger charge is 2.60. The average molecular weight is 530 g/mol. The van der Waals surface area contributed by atoms with E-state index in [0.29, 0.717) is 28.3 Å². The first-order valence-electron chi connectivity index (χ1n) is 13.5. The SMILES string of the molecule is CCCCCn1cc(CN2C(=O)C3(C(C#N)=C(N)Oc4ccc5c([nH]c6ccccc65)c43)c3ccccc32)nn1. The van der Waals surface area contributed by atoms with Gasteiger partial charge in [-0.25, -0.2) is 0 Å². The molecule has 1 unspecified atom stereocenters. The van der Waals surface area contributed by atoms with Crippen molar-refractivity contribution in [2.75, 3.05) is 4.90 Å². The number of ether oxygens (including phenoxy) is 1. The van der Waals surface area contributed by atoms with Gasteiger partial charge in [-0.15, -0.1) is 5.10 Å². The van der Waals surface area contributed by atoms with Crippen LogP contribution < -0.4 is 15.4 Å². The van der Waals surface area contributed by atoms with E-state index in [9.17, 15) is 10.1 Å². The number of carbonyl (C=O) groups excluding carboxylic acids is 1. The van der Waals surface area contributed by atoms with Gasteiger partial charge >= 0.3 is 0 Å². The van der Waals surface area contributed by atoms with E-state index in [2.05, 4.69) is 28.3 Å². The molecule has 0 bridgehead atoms. The smallest absolute Gasteiger partial charge is 0.248 e. The number of fused-ring (bicyclic) bond motifs is 8. The number of nitriles is 1. The van der Waals surface area contributed by atoms with Crippen LogP contribution >= 0.6 is 0 Å². The standard InChI is InChI=1S/C31H27N7O2/c1-2-3-8-15-37-17-19(35-36-37)18-38-25-12-7-5-10-22(25)31(30(38)39)23(16-32)29(33)40-26-14-13-21-20-9-4-6-11-24(20)34-28(21)27(26)31/h4-7,9-14,17,34H,2-3,8,15,18,33H2,1H3. The van der Waals surface area contributed by atoms with Crippen LogP contribution in [0.25, 0.3) is 21.8 Å². The molecule has 5 aromatic rings. The van der Waals surface area contributed by atoms with Crippen LogP contribution in [0.1, 0.15) is 43.0 Å². The van der Waals surface area contributed by atoms with Gasteiger partial charge in [0.1, 0.15) is 28.5 Å². The molecular weight excluding hydrogens is 502 g/mol. The van der Waals surface area contributed by atoms with Crippen molar-refractivity contribution in [2.45, 2.75) is 44.7 Å². The molecule has 3 N–H and O–H groups in total. The number of aryl methyl sites for hydroxylation is 1. The average Bonchev–Trinajstić information content (AvgIpc) is 3.64. The molecule has 0 aliphatic carbocycles. The zero-order valence-electron chi connectivity index (χ0n) is 22.0. The molecule has 198 valence electrons. The van der Waals surface area contributed by atoms with Gasteiger partial charge in [0.05, 0.1) is 18.3 Å². The number of H-pyrrole nitrogens is 1. The largest absolute Gasteiger partial charge is 0.440 e. The Balaban J connectivity index is 1.44. The molecule has 1 spiro atoms. The van der Waals surface area contributed by atoms with E-state index >= 15 is 0 Å². The quantitative estimate of drug-likeness (QED) is 0.298. The van der Waals surface area contributed by atoms with Gasteiger partial charge in [-0.1, -0.05) is 61.4 Å². The van der Waals surface area contributed by atoms with Crippen LogP contribution in [0.5, 0.6) is 5.75 Å². The molecule has 4 heterocycles. The minimum atomic E-state index is -1.49. The van der Waals surface area contributed by atoms with E-state index in [1.807, 2.05) is 71.5 Å². The Morgan fingerprint density at radius 2 is 1.90 bits per heavy atom. The molecular formula is C31H27N7O2. The van der Waals surface area contributed by atoms with Gasteiger partial charge < -0.3 is 20.4 Å². The molecule has 3 aromatic carbocycles. The van der Waals surface area contributed by atoms with E-state index in [1.54, 1.807) is 4.90 Å². The van der Waals surface area contributed by atoms with Crippen LogP contribution in [0.4, 0.5) is 5.69 Å². The van der Waals surface area contributed by atoms with Crippen molar-refractivity contribution in [3.63, 3.8) is 0 Å². The molecule has 7 rings (SSSR count). The summed E-state index contributed by atoms with van der Waals surface area (Å²) in [6.45, 7) is 3.15. The normalized spacial score (nSPS) is 17.9. The lowest BCUT2D eigenvalue weighted by Gasteiger charge is -2.34. The van der Waals surface area contributed by atoms with Crippen LogP contribution in [0.15, 0.2) is 78.3 Å². The Morgan fingerprint density at radius 1 is 1.07 bits per heavy atom. The fourth-order valence-corrected chi connectivity index (χ4v) is 6.27. The summed E-state index contributed by atoms with van der Waals surface area (Å²) < 4.78 is 7.83. The highest BCUT2D eigenvalue weighted by Crippen LogP contribution is 2.57. The van der Waals surface area contributed by atoms with Crippen molar-refractivity contribution in [2.24, 2.45) is 5.73 Å². The van der Waals surface area contributed by atoms with Crippen molar-refractivity contribution in [3.8, 4) is 11.8 Å². The highest BCUT2D eigenvalue weighted by molar-refractivity contribution is 6.18. The van der Waals surface area contributed by atoms with Crippen molar-refractivity contribution >= 4 is 33.4 Å².